The maximum absolute atomic E-state index is 12.5. The Balaban J connectivity index is 2.28. The van der Waals surface area contributed by atoms with E-state index in [1.54, 1.807) is 13.0 Å². The van der Waals surface area contributed by atoms with Crippen LogP contribution in [-0.4, -0.2) is 30.2 Å². The molecule has 1 N–H and O–H groups in total. The summed E-state index contributed by atoms with van der Waals surface area (Å²) in [4.78, 5) is 25.7. The first-order valence-corrected chi connectivity index (χ1v) is 7.51. The summed E-state index contributed by atoms with van der Waals surface area (Å²) in [6.07, 6.45) is 0. The van der Waals surface area contributed by atoms with Crippen molar-refractivity contribution in [1.82, 2.24) is 5.32 Å². The highest BCUT2D eigenvalue weighted by Crippen LogP contribution is 2.31. The standard InChI is InChI=1S/C16H18ClN3O3/c1-9-12(6-5-10(7-18)13(9)17)20-14(21)11(19-15(20)22)8-23-16(2,3)4/h5-6,11H,8H2,1-4H3,(H,19,22)/t11-/m0/s1. The predicted molar refractivity (Wildman–Crippen MR) is 86.4 cm³/mol. The number of hydrogen-bond donors (Lipinski definition) is 1. The second kappa shape index (κ2) is 6.19. The largest absolute Gasteiger partial charge is 0.373 e. The molecular formula is C16H18ClN3O3. The molecule has 1 heterocycles. The van der Waals surface area contributed by atoms with Crippen LogP contribution in [-0.2, 0) is 9.53 Å². The van der Waals surface area contributed by atoms with Crippen molar-refractivity contribution >= 4 is 29.2 Å². The van der Waals surface area contributed by atoms with Crippen molar-refractivity contribution in [3.8, 4) is 6.07 Å². The monoisotopic (exact) mass is 335 g/mol. The fourth-order valence-corrected chi connectivity index (χ4v) is 2.41. The quantitative estimate of drug-likeness (QED) is 0.861. The molecule has 1 atom stereocenters. The van der Waals surface area contributed by atoms with E-state index in [0.717, 1.165) is 4.90 Å². The number of halogens is 1. The number of nitrogens with one attached hydrogen (secondary N) is 1. The molecule has 0 bridgehead atoms. The smallest absolute Gasteiger partial charge is 0.329 e. The van der Waals surface area contributed by atoms with Gasteiger partial charge in [0.1, 0.15) is 12.1 Å². The molecule has 0 saturated carbocycles. The van der Waals surface area contributed by atoms with Gasteiger partial charge in [0.2, 0.25) is 0 Å². The summed E-state index contributed by atoms with van der Waals surface area (Å²) in [5.74, 6) is -0.400. The van der Waals surface area contributed by atoms with Gasteiger partial charge < -0.3 is 10.1 Å². The molecule has 1 saturated heterocycles. The molecule has 0 aromatic heterocycles. The number of hydrogen-bond acceptors (Lipinski definition) is 4. The zero-order valence-electron chi connectivity index (χ0n) is 13.4. The summed E-state index contributed by atoms with van der Waals surface area (Å²) in [7, 11) is 0. The fraction of sp³-hybridized carbons (Fsp3) is 0.438. The Kier molecular flexibility index (Phi) is 4.64. The molecule has 122 valence electrons. The Morgan fingerprint density at radius 3 is 2.61 bits per heavy atom. The number of anilines is 1. The highest BCUT2D eigenvalue weighted by atomic mass is 35.5. The number of carbonyl (C=O) groups is 2. The van der Waals surface area contributed by atoms with E-state index in [9.17, 15) is 9.59 Å². The van der Waals surface area contributed by atoms with Crippen molar-refractivity contribution in [1.29, 1.82) is 5.26 Å². The van der Waals surface area contributed by atoms with Crippen LogP contribution in [0.2, 0.25) is 5.02 Å². The minimum atomic E-state index is -0.740. The summed E-state index contributed by atoms with van der Waals surface area (Å²) in [6.45, 7) is 7.37. The van der Waals surface area contributed by atoms with Gasteiger partial charge in [-0.05, 0) is 45.4 Å². The molecule has 1 aliphatic rings. The van der Waals surface area contributed by atoms with E-state index in [2.05, 4.69) is 5.32 Å². The number of carbonyl (C=O) groups excluding carboxylic acids is 2. The minimum Gasteiger partial charge on any atom is -0.373 e. The lowest BCUT2D eigenvalue weighted by molar-refractivity contribution is -0.121. The van der Waals surface area contributed by atoms with Crippen molar-refractivity contribution < 1.29 is 14.3 Å². The third-order valence-corrected chi connectivity index (χ3v) is 3.91. The van der Waals surface area contributed by atoms with E-state index in [4.69, 9.17) is 21.6 Å². The lowest BCUT2D eigenvalue weighted by Crippen LogP contribution is -2.37. The van der Waals surface area contributed by atoms with Gasteiger partial charge >= 0.3 is 6.03 Å². The Morgan fingerprint density at radius 1 is 1.39 bits per heavy atom. The van der Waals surface area contributed by atoms with Gasteiger partial charge in [-0.1, -0.05) is 11.6 Å². The number of benzene rings is 1. The van der Waals surface area contributed by atoms with Gasteiger partial charge in [0.05, 0.1) is 28.5 Å². The number of rotatable bonds is 3. The van der Waals surface area contributed by atoms with Crippen LogP contribution in [0.4, 0.5) is 10.5 Å². The topological polar surface area (TPSA) is 82.4 Å². The van der Waals surface area contributed by atoms with Gasteiger partial charge in [-0.3, -0.25) is 4.79 Å². The molecule has 0 unspecified atom stereocenters. The van der Waals surface area contributed by atoms with E-state index in [1.165, 1.54) is 6.07 Å². The van der Waals surface area contributed by atoms with Crippen molar-refractivity contribution in [3.63, 3.8) is 0 Å². The van der Waals surface area contributed by atoms with Crippen LogP contribution >= 0.6 is 11.6 Å². The Hall–Kier alpha value is -2.10. The van der Waals surface area contributed by atoms with Crippen LogP contribution in [0.1, 0.15) is 31.9 Å². The lowest BCUT2D eigenvalue weighted by Gasteiger charge is -2.21. The summed E-state index contributed by atoms with van der Waals surface area (Å²) in [6, 6.07) is 3.74. The molecule has 1 fully saturated rings. The third-order valence-electron chi connectivity index (χ3n) is 3.42. The fourth-order valence-electron chi connectivity index (χ4n) is 2.21. The highest BCUT2D eigenvalue weighted by molar-refractivity contribution is 6.33. The van der Waals surface area contributed by atoms with E-state index in [0.29, 0.717) is 16.8 Å². The van der Waals surface area contributed by atoms with Crippen LogP contribution < -0.4 is 10.2 Å². The first kappa shape index (κ1) is 17.3. The summed E-state index contributed by atoms with van der Waals surface area (Å²) >= 11 is 6.11. The molecule has 0 radical (unpaired) electrons. The average Bonchev–Trinajstić information content (AvgIpc) is 2.74. The van der Waals surface area contributed by atoms with E-state index in [1.807, 2.05) is 26.8 Å². The Labute approximate surface area is 140 Å². The second-order valence-electron chi connectivity index (χ2n) is 6.28. The lowest BCUT2D eigenvalue weighted by atomic mass is 10.1. The van der Waals surface area contributed by atoms with E-state index in [-0.39, 0.29) is 11.6 Å². The second-order valence-corrected chi connectivity index (χ2v) is 6.66. The normalized spacial score (nSPS) is 18.1. The maximum atomic E-state index is 12.5. The molecule has 23 heavy (non-hydrogen) atoms. The first-order valence-electron chi connectivity index (χ1n) is 7.13. The van der Waals surface area contributed by atoms with Crippen molar-refractivity contribution in [2.24, 2.45) is 0 Å². The van der Waals surface area contributed by atoms with E-state index < -0.39 is 23.6 Å². The number of urea groups is 1. The van der Waals surface area contributed by atoms with Gasteiger partial charge in [0.25, 0.3) is 5.91 Å². The molecule has 7 heteroatoms. The molecular weight excluding hydrogens is 318 g/mol. The number of imide groups is 1. The molecule has 3 amide bonds. The van der Waals surface area contributed by atoms with Gasteiger partial charge in [0, 0.05) is 0 Å². The molecule has 1 aromatic rings. The molecule has 6 nitrogen and oxygen atoms in total. The maximum Gasteiger partial charge on any atom is 0.329 e. The number of ether oxygens (including phenoxy) is 1. The Morgan fingerprint density at radius 2 is 2.04 bits per heavy atom. The van der Waals surface area contributed by atoms with Crippen LogP contribution in [0.15, 0.2) is 12.1 Å². The van der Waals surface area contributed by atoms with Gasteiger partial charge in [0.15, 0.2) is 0 Å². The summed E-state index contributed by atoms with van der Waals surface area (Å²) < 4.78 is 5.58. The van der Waals surface area contributed by atoms with Crippen LogP contribution in [0.3, 0.4) is 0 Å². The molecule has 0 aliphatic carbocycles. The zero-order valence-corrected chi connectivity index (χ0v) is 14.2. The minimum absolute atomic E-state index is 0.0909. The first-order chi connectivity index (χ1) is 10.7. The predicted octanol–water partition coefficient (Wildman–Crippen LogP) is 2.76. The number of amides is 3. The molecule has 1 aromatic carbocycles. The van der Waals surface area contributed by atoms with Crippen LogP contribution in [0.5, 0.6) is 0 Å². The van der Waals surface area contributed by atoms with Crippen LogP contribution in [0.25, 0.3) is 0 Å². The van der Waals surface area contributed by atoms with Gasteiger partial charge in [-0.15, -0.1) is 0 Å². The van der Waals surface area contributed by atoms with Crippen molar-refractivity contribution in [3.05, 3.63) is 28.3 Å². The highest BCUT2D eigenvalue weighted by Gasteiger charge is 2.40. The zero-order chi connectivity index (χ0) is 17.4. The third kappa shape index (κ3) is 3.46. The van der Waals surface area contributed by atoms with Crippen LogP contribution in [0, 0.1) is 18.3 Å². The number of nitrogens with zero attached hydrogens (tertiary/aromatic N) is 2. The summed E-state index contributed by atoms with van der Waals surface area (Å²) in [5.41, 5.74) is 0.764. The van der Waals surface area contributed by atoms with Crippen molar-refractivity contribution in [2.75, 3.05) is 11.5 Å². The van der Waals surface area contributed by atoms with E-state index >= 15 is 0 Å². The van der Waals surface area contributed by atoms with Gasteiger partial charge in [-0.25, -0.2) is 9.69 Å². The molecule has 1 aliphatic heterocycles. The summed E-state index contributed by atoms with van der Waals surface area (Å²) in [5, 5.41) is 11.8. The number of nitriles is 1. The average molecular weight is 336 g/mol. The molecule has 0 spiro atoms. The van der Waals surface area contributed by atoms with Crippen molar-refractivity contribution in [2.45, 2.75) is 39.3 Å². The SMILES string of the molecule is Cc1c(N2C(=O)N[C@@H](COC(C)(C)C)C2=O)ccc(C#N)c1Cl. The Bertz CT molecular complexity index is 704. The molecule has 2 rings (SSSR count). The van der Waals surface area contributed by atoms with Gasteiger partial charge in [-0.2, -0.15) is 5.26 Å².